The number of rotatable bonds is 2. The topological polar surface area (TPSA) is 46.0 Å². The average Bonchev–Trinajstić information content (AvgIpc) is 2.30. The molecule has 0 spiro atoms. The zero-order valence-electron chi connectivity index (χ0n) is 9.38. The SMILES string of the molecule is Cc1ccc(C(O)c2cnccc2C)cn1. The van der Waals surface area contributed by atoms with E-state index in [0.717, 1.165) is 22.4 Å². The van der Waals surface area contributed by atoms with Crippen LogP contribution in [0, 0.1) is 13.8 Å². The molecule has 0 aliphatic rings. The first-order valence-corrected chi connectivity index (χ1v) is 5.19. The molecule has 3 nitrogen and oxygen atoms in total. The largest absolute Gasteiger partial charge is 0.384 e. The molecule has 82 valence electrons. The van der Waals surface area contributed by atoms with Crippen LogP contribution in [0.2, 0.25) is 0 Å². The predicted molar refractivity (Wildman–Crippen MR) is 62.0 cm³/mol. The lowest BCUT2D eigenvalue weighted by Gasteiger charge is -2.13. The van der Waals surface area contributed by atoms with E-state index >= 15 is 0 Å². The lowest BCUT2D eigenvalue weighted by Crippen LogP contribution is -2.03. The van der Waals surface area contributed by atoms with Crippen LogP contribution in [0.1, 0.15) is 28.5 Å². The number of aromatic nitrogens is 2. The Morgan fingerprint density at radius 3 is 2.56 bits per heavy atom. The maximum atomic E-state index is 10.2. The quantitative estimate of drug-likeness (QED) is 0.833. The first-order valence-electron chi connectivity index (χ1n) is 5.19. The second-order valence-electron chi connectivity index (χ2n) is 3.87. The van der Waals surface area contributed by atoms with E-state index in [2.05, 4.69) is 9.97 Å². The molecule has 0 saturated heterocycles. The van der Waals surface area contributed by atoms with Crippen LogP contribution in [0.25, 0.3) is 0 Å². The van der Waals surface area contributed by atoms with Crippen molar-refractivity contribution in [2.45, 2.75) is 20.0 Å². The first kappa shape index (κ1) is 10.8. The number of nitrogens with zero attached hydrogens (tertiary/aromatic N) is 2. The van der Waals surface area contributed by atoms with Crippen molar-refractivity contribution >= 4 is 0 Å². The number of aryl methyl sites for hydroxylation is 2. The van der Waals surface area contributed by atoms with Crippen LogP contribution in [0.5, 0.6) is 0 Å². The fourth-order valence-electron chi connectivity index (χ4n) is 1.58. The molecule has 2 rings (SSSR count). The van der Waals surface area contributed by atoms with Gasteiger partial charge in [-0.1, -0.05) is 6.07 Å². The second-order valence-corrected chi connectivity index (χ2v) is 3.87. The summed E-state index contributed by atoms with van der Waals surface area (Å²) in [7, 11) is 0. The maximum Gasteiger partial charge on any atom is 0.107 e. The lowest BCUT2D eigenvalue weighted by atomic mass is 10.0. The van der Waals surface area contributed by atoms with Gasteiger partial charge in [-0.25, -0.2) is 0 Å². The third-order valence-electron chi connectivity index (χ3n) is 2.62. The number of hydrogen-bond donors (Lipinski definition) is 1. The van der Waals surface area contributed by atoms with Gasteiger partial charge in [-0.2, -0.15) is 0 Å². The van der Waals surface area contributed by atoms with Crippen LogP contribution in [0.15, 0.2) is 36.8 Å². The van der Waals surface area contributed by atoms with E-state index in [9.17, 15) is 5.11 Å². The summed E-state index contributed by atoms with van der Waals surface area (Å²) >= 11 is 0. The molecule has 0 aliphatic heterocycles. The number of aliphatic hydroxyl groups excluding tert-OH is 1. The third kappa shape index (κ3) is 2.09. The van der Waals surface area contributed by atoms with Crippen molar-refractivity contribution in [3.8, 4) is 0 Å². The van der Waals surface area contributed by atoms with Crippen molar-refractivity contribution in [2.24, 2.45) is 0 Å². The van der Waals surface area contributed by atoms with Crippen molar-refractivity contribution in [3.63, 3.8) is 0 Å². The Kier molecular flexibility index (Phi) is 2.97. The van der Waals surface area contributed by atoms with Gasteiger partial charge in [-0.05, 0) is 31.5 Å². The molecule has 2 aromatic rings. The smallest absolute Gasteiger partial charge is 0.107 e. The zero-order chi connectivity index (χ0) is 11.5. The molecule has 2 aromatic heterocycles. The fourth-order valence-corrected chi connectivity index (χ4v) is 1.58. The Hall–Kier alpha value is -1.74. The Morgan fingerprint density at radius 2 is 1.94 bits per heavy atom. The Labute approximate surface area is 94.8 Å². The zero-order valence-corrected chi connectivity index (χ0v) is 9.38. The van der Waals surface area contributed by atoms with E-state index in [1.165, 1.54) is 0 Å². The third-order valence-corrected chi connectivity index (χ3v) is 2.62. The van der Waals surface area contributed by atoms with Crippen molar-refractivity contribution < 1.29 is 5.11 Å². The van der Waals surface area contributed by atoms with Crippen molar-refractivity contribution in [1.29, 1.82) is 0 Å². The van der Waals surface area contributed by atoms with Gasteiger partial charge >= 0.3 is 0 Å². The highest BCUT2D eigenvalue weighted by atomic mass is 16.3. The van der Waals surface area contributed by atoms with Gasteiger partial charge in [-0.3, -0.25) is 9.97 Å². The number of pyridine rings is 2. The summed E-state index contributed by atoms with van der Waals surface area (Å²) in [5.41, 5.74) is 3.59. The molecule has 0 aromatic carbocycles. The van der Waals surface area contributed by atoms with Crippen LogP contribution in [0.3, 0.4) is 0 Å². The minimum absolute atomic E-state index is 0.651. The fraction of sp³-hybridized carbons (Fsp3) is 0.231. The Bertz CT molecular complexity index is 480. The molecule has 16 heavy (non-hydrogen) atoms. The van der Waals surface area contributed by atoms with Crippen molar-refractivity contribution in [3.05, 3.63) is 59.2 Å². The van der Waals surface area contributed by atoms with Gasteiger partial charge in [-0.15, -0.1) is 0 Å². The molecule has 3 heteroatoms. The molecule has 0 aliphatic carbocycles. The Balaban J connectivity index is 2.35. The summed E-state index contributed by atoms with van der Waals surface area (Å²) < 4.78 is 0. The summed E-state index contributed by atoms with van der Waals surface area (Å²) in [5.74, 6) is 0. The molecular weight excluding hydrogens is 200 g/mol. The van der Waals surface area contributed by atoms with E-state index in [-0.39, 0.29) is 0 Å². The van der Waals surface area contributed by atoms with Gasteiger partial charge in [0.25, 0.3) is 0 Å². The monoisotopic (exact) mass is 214 g/mol. The maximum absolute atomic E-state index is 10.2. The minimum Gasteiger partial charge on any atom is -0.384 e. The Morgan fingerprint density at radius 1 is 1.12 bits per heavy atom. The van der Waals surface area contributed by atoms with Gasteiger partial charge in [0.05, 0.1) is 0 Å². The van der Waals surface area contributed by atoms with Gasteiger partial charge in [0, 0.05) is 35.4 Å². The number of aliphatic hydroxyl groups is 1. The summed E-state index contributed by atoms with van der Waals surface area (Å²) in [6.45, 7) is 3.88. The molecular formula is C13H14N2O. The van der Waals surface area contributed by atoms with Crippen LogP contribution < -0.4 is 0 Å². The molecule has 1 atom stereocenters. The van der Waals surface area contributed by atoms with Crippen molar-refractivity contribution in [2.75, 3.05) is 0 Å². The van der Waals surface area contributed by atoms with Gasteiger partial charge < -0.3 is 5.11 Å². The molecule has 1 unspecified atom stereocenters. The highest BCUT2D eigenvalue weighted by Gasteiger charge is 2.12. The molecule has 1 N–H and O–H groups in total. The molecule has 0 radical (unpaired) electrons. The second kappa shape index (κ2) is 4.41. The molecule has 0 saturated carbocycles. The average molecular weight is 214 g/mol. The first-order chi connectivity index (χ1) is 7.68. The van der Waals surface area contributed by atoms with Crippen LogP contribution in [-0.2, 0) is 0 Å². The van der Waals surface area contributed by atoms with E-state index < -0.39 is 6.10 Å². The van der Waals surface area contributed by atoms with Crippen LogP contribution in [0.4, 0.5) is 0 Å². The van der Waals surface area contributed by atoms with E-state index in [1.807, 2.05) is 32.0 Å². The molecule has 2 heterocycles. The minimum atomic E-state index is -0.651. The molecule has 0 amide bonds. The summed E-state index contributed by atoms with van der Waals surface area (Å²) in [4.78, 5) is 8.20. The predicted octanol–water partition coefficient (Wildman–Crippen LogP) is 2.18. The highest BCUT2D eigenvalue weighted by molar-refractivity contribution is 5.32. The normalized spacial score (nSPS) is 12.4. The lowest BCUT2D eigenvalue weighted by molar-refractivity contribution is 0.218. The summed E-state index contributed by atoms with van der Waals surface area (Å²) in [5, 5.41) is 10.2. The van der Waals surface area contributed by atoms with E-state index in [1.54, 1.807) is 18.6 Å². The summed E-state index contributed by atoms with van der Waals surface area (Å²) in [6.07, 6.45) is 4.47. The van der Waals surface area contributed by atoms with Gasteiger partial charge in [0.2, 0.25) is 0 Å². The van der Waals surface area contributed by atoms with Gasteiger partial charge in [0.15, 0.2) is 0 Å². The van der Waals surface area contributed by atoms with Crippen LogP contribution in [-0.4, -0.2) is 15.1 Å². The van der Waals surface area contributed by atoms with E-state index in [0.29, 0.717) is 0 Å². The van der Waals surface area contributed by atoms with E-state index in [4.69, 9.17) is 0 Å². The summed E-state index contributed by atoms with van der Waals surface area (Å²) in [6, 6.07) is 5.67. The molecule has 0 bridgehead atoms. The van der Waals surface area contributed by atoms with Crippen LogP contribution >= 0.6 is 0 Å². The number of hydrogen-bond acceptors (Lipinski definition) is 3. The van der Waals surface area contributed by atoms with Gasteiger partial charge in [0.1, 0.15) is 6.10 Å². The standard InChI is InChI=1S/C13H14N2O/c1-9-5-6-14-8-12(9)13(16)11-4-3-10(2)15-7-11/h3-8,13,16H,1-2H3. The molecule has 0 fully saturated rings. The highest BCUT2D eigenvalue weighted by Crippen LogP contribution is 2.23. The van der Waals surface area contributed by atoms with Crippen molar-refractivity contribution in [1.82, 2.24) is 9.97 Å².